The van der Waals surface area contributed by atoms with Crippen LogP contribution < -0.4 is 16.2 Å². The summed E-state index contributed by atoms with van der Waals surface area (Å²) < 4.78 is 0. The Labute approximate surface area is 96.0 Å². The monoisotopic (exact) mass is 211 g/mol. The Hall–Kier alpha value is -1.50. The third-order valence-corrected chi connectivity index (χ3v) is 3.73. The van der Waals surface area contributed by atoms with E-state index in [0.29, 0.717) is 0 Å². The van der Waals surface area contributed by atoms with E-state index in [1.54, 1.807) is 0 Å². The number of fused-ring (bicyclic) bond motifs is 1. The average Bonchev–Trinajstić information content (AvgIpc) is 2.40. The number of allylic oxidation sites excluding steroid dienone is 2. The van der Waals surface area contributed by atoms with Gasteiger partial charge in [0, 0.05) is 10.9 Å². The molecule has 0 atom stereocenters. The Morgan fingerprint density at radius 3 is 2.81 bits per heavy atom. The summed E-state index contributed by atoms with van der Waals surface area (Å²) in [6.07, 6.45) is 11.9. The summed E-state index contributed by atoms with van der Waals surface area (Å²) in [6, 6.07) is 6.25. The number of hydrogen-bond acceptors (Lipinski definition) is 1. The summed E-state index contributed by atoms with van der Waals surface area (Å²) in [4.78, 5) is 0. The van der Waals surface area contributed by atoms with Gasteiger partial charge >= 0.3 is 0 Å². The van der Waals surface area contributed by atoms with E-state index in [-0.39, 0.29) is 0 Å². The second-order valence-electron chi connectivity index (χ2n) is 4.74. The maximum atomic E-state index is 6.14. The summed E-state index contributed by atoms with van der Waals surface area (Å²) in [5.74, 6) is 0.742. The fourth-order valence-electron chi connectivity index (χ4n) is 2.63. The fraction of sp³-hybridized carbons (Fsp3) is 0.333. The zero-order valence-electron chi connectivity index (χ0n) is 9.45. The SMILES string of the molecule is Nc1cccc2c1=C(C1CCC1)C=CCC=2. The Kier molecular flexibility index (Phi) is 2.32. The van der Waals surface area contributed by atoms with Crippen molar-refractivity contribution < 1.29 is 0 Å². The van der Waals surface area contributed by atoms with Crippen LogP contribution in [0.4, 0.5) is 5.69 Å². The highest BCUT2D eigenvalue weighted by molar-refractivity contribution is 5.66. The molecule has 1 aromatic carbocycles. The molecule has 0 heterocycles. The number of hydrogen-bond donors (Lipinski definition) is 1. The summed E-state index contributed by atoms with van der Waals surface area (Å²) in [5, 5.41) is 2.60. The number of benzene rings is 1. The third kappa shape index (κ3) is 1.47. The standard InChI is InChI=1S/C15H17N/c16-14-10-4-8-12-5-1-2-9-13(15(12)14)11-6-3-7-11/h2,4-5,8-11H,1,3,6-7,16H2. The molecule has 2 aliphatic rings. The fourth-order valence-corrected chi connectivity index (χ4v) is 2.63. The van der Waals surface area contributed by atoms with Crippen molar-refractivity contribution in [1.29, 1.82) is 0 Å². The molecule has 1 saturated carbocycles. The van der Waals surface area contributed by atoms with Crippen molar-refractivity contribution in [2.75, 3.05) is 5.73 Å². The van der Waals surface area contributed by atoms with Gasteiger partial charge in [0.05, 0.1) is 0 Å². The molecular weight excluding hydrogens is 194 g/mol. The van der Waals surface area contributed by atoms with Crippen LogP contribution in [0.5, 0.6) is 0 Å². The van der Waals surface area contributed by atoms with Gasteiger partial charge in [0.1, 0.15) is 0 Å². The molecule has 0 aliphatic heterocycles. The normalized spacial score (nSPS) is 19.6. The lowest BCUT2D eigenvalue weighted by Crippen LogP contribution is -2.32. The van der Waals surface area contributed by atoms with Crippen molar-refractivity contribution in [3.05, 3.63) is 40.8 Å². The second kappa shape index (κ2) is 3.82. The van der Waals surface area contributed by atoms with Gasteiger partial charge in [0.25, 0.3) is 0 Å². The molecule has 1 heteroatoms. The molecule has 16 heavy (non-hydrogen) atoms. The van der Waals surface area contributed by atoms with E-state index in [2.05, 4.69) is 24.3 Å². The first kappa shape index (κ1) is 9.71. The molecule has 1 nitrogen and oxygen atoms in total. The predicted octanol–water partition coefficient (Wildman–Crippen LogP) is 1.96. The minimum atomic E-state index is 0.742. The first-order valence-corrected chi connectivity index (χ1v) is 6.12. The van der Waals surface area contributed by atoms with E-state index in [1.165, 1.54) is 35.3 Å². The highest BCUT2D eigenvalue weighted by atomic mass is 14.5. The molecule has 0 radical (unpaired) electrons. The van der Waals surface area contributed by atoms with Crippen LogP contribution in [0.1, 0.15) is 25.7 Å². The molecule has 0 bridgehead atoms. The van der Waals surface area contributed by atoms with Gasteiger partial charge in [-0.05, 0) is 42.0 Å². The van der Waals surface area contributed by atoms with Gasteiger partial charge in [-0.15, -0.1) is 0 Å². The van der Waals surface area contributed by atoms with Crippen LogP contribution in [0.2, 0.25) is 0 Å². The number of anilines is 1. The Bertz CT molecular complexity index is 547. The molecule has 0 amide bonds. The molecule has 1 fully saturated rings. The van der Waals surface area contributed by atoms with Crippen molar-refractivity contribution in [2.24, 2.45) is 5.92 Å². The highest BCUT2D eigenvalue weighted by Gasteiger charge is 2.21. The minimum Gasteiger partial charge on any atom is -0.398 e. The lowest BCUT2D eigenvalue weighted by atomic mass is 9.78. The zero-order valence-corrected chi connectivity index (χ0v) is 9.45. The second-order valence-corrected chi connectivity index (χ2v) is 4.74. The van der Waals surface area contributed by atoms with E-state index in [0.717, 1.165) is 18.0 Å². The first-order chi connectivity index (χ1) is 7.86. The van der Waals surface area contributed by atoms with E-state index >= 15 is 0 Å². The van der Waals surface area contributed by atoms with Gasteiger partial charge in [-0.3, -0.25) is 0 Å². The van der Waals surface area contributed by atoms with Crippen LogP contribution in [-0.4, -0.2) is 0 Å². The maximum Gasteiger partial charge on any atom is 0.0396 e. The zero-order chi connectivity index (χ0) is 11.0. The van der Waals surface area contributed by atoms with E-state index in [9.17, 15) is 0 Å². The molecule has 0 spiro atoms. The van der Waals surface area contributed by atoms with Crippen LogP contribution in [0.15, 0.2) is 30.4 Å². The van der Waals surface area contributed by atoms with Crippen molar-refractivity contribution >= 4 is 17.3 Å². The first-order valence-electron chi connectivity index (χ1n) is 6.12. The van der Waals surface area contributed by atoms with Gasteiger partial charge in [0.15, 0.2) is 0 Å². The number of nitrogen functional groups attached to an aromatic ring is 1. The van der Waals surface area contributed by atoms with E-state index in [4.69, 9.17) is 5.73 Å². The summed E-state index contributed by atoms with van der Waals surface area (Å²) >= 11 is 0. The quantitative estimate of drug-likeness (QED) is 0.706. The minimum absolute atomic E-state index is 0.742. The van der Waals surface area contributed by atoms with Gasteiger partial charge in [-0.2, -0.15) is 0 Å². The summed E-state index contributed by atoms with van der Waals surface area (Å²) in [7, 11) is 0. The molecule has 1 aromatic rings. The van der Waals surface area contributed by atoms with Crippen molar-refractivity contribution in [3.8, 4) is 0 Å². The van der Waals surface area contributed by atoms with Crippen LogP contribution in [0.3, 0.4) is 0 Å². The summed E-state index contributed by atoms with van der Waals surface area (Å²) in [5.41, 5.74) is 8.54. The molecule has 2 N–H and O–H groups in total. The van der Waals surface area contributed by atoms with Crippen LogP contribution in [-0.2, 0) is 0 Å². The number of rotatable bonds is 1. The van der Waals surface area contributed by atoms with Gasteiger partial charge in [-0.1, -0.05) is 36.8 Å². The third-order valence-electron chi connectivity index (χ3n) is 3.73. The molecule has 0 unspecified atom stereocenters. The van der Waals surface area contributed by atoms with Crippen molar-refractivity contribution in [3.63, 3.8) is 0 Å². The molecule has 0 saturated heterocycles. The van der Waals surface area contributed by atoms with Gasteiger partial charge < -0.3 is 5.73 Å². The van der Waals surface area contributed by atoms with Gasteiger partial charge in [0.2, 0.25) is 0 Å². The van der Waals surface area contributed by atoms with Crippen LogP contribution in [0, 0.1) is 5.92 Å². The van der Waals surface area contributed by atoms with Crippen molar-refractivity contribution in [1.82, 2.24) is 0 Å². The molecule has 82 valence electrons. The highest BCUT2D eigenvalue weighted by Crippen LogP contribution is 2.34. The topological polar surface area (TPSA) is 26.0 Å². The lowest BCUT2D eigenvalue weighted by Gasteiger charge is -2.27. The summed E-state index contributed by atoms with van der Waals surface area (Å²) in [6.45, 7) is 0. The molecule has 0 aromatic heterocycles. The van der Waals surface area contributed by atoms with Gasteiger partial charge in [-0.25, -0.2) is 0 Å². The van der Waals surface area contributed by atoms with E-state index in [1.807, 2.05) is 12.1 Å². The smallest absolute Gasteiger partial charge is 0.0396 e. The Balaban J connectivity index is 2.33. The lowest BCUT2D eigenvalue weighted by molar-refractivity contribution is 0.400. The van der Waals surface area contributed by atoms with E-state index < -0.39 is 0 Å². The van der Waals surface area contributed by atoms with Crippen molar-refractivity contribution in [2.45, 2.75) is 25.7 Å². The largest absolute Gasteiger partial charge is 0.398 e. The predicted molar refractivity (Wildman–Crippen MR) is 69.1 cm³/mol. The Morgan fingerprint density at radius 1 is 1.19 bits per heavy atom. The maximum absolute atomic E-state index is 6.14. The Morgan fingerprint density at radius 2 is 2.06 bits per heavy atom. The number of nitrogens with two attached hydrogens (primary N) is 1. The van der Waals surface area contributed by atoms with Crippen LogP contribution >= 0.6 is 0 Å². The average molecular weight is 211 g/mol. The molecule has 2 aliphatic carbocycles. The van der Waals surface area contributed by atoms with Crippen LogP contribution in [0.25, 0.3) is 11.6 Å². The molecular formula is C15H17N. The molecule has 3 rings (SSSR count).